The van der Waals surface area contributed by atoms with Gasteiger partial charge in [0.1, 0.15) is 11.2 Å². The third kappa shape index (κ3) is 5.26. The number of rotatable bonds is 6. The van der Waals surface area contributed by atoms with Gasteiger partial charge in [0.15, 0.2) is 0 Å². The zero-order chi connectivity index (χ0) is 35.5. The van der Waals surface area contributed by atoms with E-state index >= 15 is 0 Å². The zero-order valence-electron chi connectivity index (χ0n) is 29.8. The Kier molecular flexibility index (Phi) is 7.19. The first-order valence-corrected chi connectivity index (χ1v) is 18.3. The Balaban J connectivity index is 1.05. The fourth-order valence-electron chi connectivity index (χ4n) is 8.30. The molecule has 2 heteroatoms. The first-order chi connectivity index (χ1) is 26.0. The average molecular weight is 680 g/mol. The van der Waals surface area contributed by atoms with Crippen LogP contribution in [0.4, 0.5) is 17.1 Å². The van der Waals surface area contributed by atoms with E-state index in [1.165, 1.54) is 44.5 Å². The Hall–Kier alpha value is -6.64. The number of fused-ring (bicyclic) bond motifs is 6. The maximum absolute atomic E-state index is 6.14. The standard InChI is InChI=1S/C51H37NO/c1-51(2)47-17-8-6-15-43(47)44-29-23-39(33-48(44)51)36-21-27-41(28-22-36)52(40-25-19-35(20-26-40)34-11-4-3-5-12-34)42-14-10-13-37(31-42)38-24-30-50-46(32-38)45-16-7-9-18-49(45)53-50/h3-33H,1-2H3. The highest BCUT2D eigenvalue weighted by Crippen LogP contribution is 2.49. The summed E-state index contributed by atoms with van der Waals surface area (Å²) in [6.45, 7) is 4.68. The van der Waals surface area contributed by atoms with Crippen LogP contribution >= 0.6 is 0 Å². The van der Waals surface area contributed by atoms with E-state index in [1.807, 2.05) is 12.1 Å². The van der Waals surface area contributed by atoms with E-state index in [-0.39, 0.29) is 5.41 Å². The molecule has 0 bridgehead atoms. The SMILES string of the molecule is CC1(C)c2ccccc2-c2ccc(-c3ccc(N(c4ccc(-c5ccccc5)cc4)c4cccc(-c5ccc6oc7ccccc7c6c5)c4)cc3)cc21. The van der Waals surface area contributed by atoms with Gasteiger partial charge in [-0.2, -0.15) is 0 Å². The molecule has 1 aliphatic carbocycles. The average Bonchev–Trinajstić information content (AvgIpc) is 3.70. The molecular weight excluding hydrogens is 643 g/mol. The number of para-hydroxylation sites is 1. The molecule has 0 saturated heterocycles. The highest BCUT2D eigenvalue weighted by atomic mass is 16.3. The Morgan fingerprint density at radius 1 is 0.358 bits per heavy atom. The van der Waals surface area contributed by atoms with Gasteiger partial charge in [-0.15, -0.1) is 0 Å². The molecule has 0 aliphatic heterocycles. The summed E-state index contributed by atoms with van der Waals surface area (Å²) in [6, 6.07) is 67.9. The van der Waals surface area contributed by atoms with Crippen LogP contribution in [0, 0.1) is 0 Å². The molecule has 53 heavy (non-hydrogen) atoms. The van der Waals surface area contributed by atoms with E-state index in [0.717, 1.165) is 50.1 Å². The second-order valence-electron chi connectivity index (χ2n) is 14.6. The molecule has 8 aromatic carbocycles. The van der Waals surface area contributed by atoms with E-state index in [9.17, 15) is 0 Å². The van der Waals surface area contributed by atoms with Gasteiger partial charge in [-0.05, 0) is 116 Å². The molecule has 2 nitrogen and oxygen atoms in total. The van der Waals surface area contributed by atoms with Gasteiger partial charge in [-0.25, -0.2) is 0 Å². The predicted octanol–water partition coefficient (Wildman–Crippen LogP) is 14.4. The van der Waals surface area contributed by atoms with Crippen LogP contribution in [0.1, 0.15) is 25.0 Å². The van der Waals surface area contributed by atoms with Crippen LogP contribution in [0.2, 0.25) is 0 Å². The number of hydrogen-bond donors (Lipinski definition) is 0. The first kappa shape index (κ1) is 31.1. The van der Waals surface area contributed by atoms with Gasteiger partial charge < -0.3 is 9.32 Å². The van der Waals surface area contributed by atoms with Crippen molar-refractivity contribution in [3.05, 3.63) is 199 Å². The number of nitrogens with zero attached hydrogens (tertiary/aromatic N) is 1. The van der Waals surface area contributed by atoms with Crippen LogP contribution in [0.5, 0.6) is 0 Å². The Morgan fingerprint density at radius 3 is 1.70 bits per heavy atom. The van der Waals surface area contributed by atoms with Crippen molar-refractivity contribution in [1.29, 1.82) is 0 Å². The van der Waals surface area contributed by atoms with Crippen LogP contribution in [-0.2, 0) is 5.41 Å². The summed E-state index contributed by atoms with van der Waals surface area (Å²) in [7, 11) is 0. The summed E-state index contributed by atoms with van der Waals surface area (Å²) in [4.78, 5) is 2.36. The van der Waals surface area contributed by atoms with Gasteiger partial charge in [0, 0.05) is 33.2 Å². The van der Waals surface area contributed by atoms with Gasteiger partial charge in [0.25, 0.3) is 0 Å². The van der Waals surface area contributed by atoms with E-state index in [1.54, 1.807) is 0 Å². The fourth-order valence-corrected chi connectivity index (χ4v) is 8.30. The summed E-state index contributed by atoms with van der Waals surface area (Å²) < 4.78 is 6.14. The Morgan fingerprint density at radius 2 is 0.906 bits per heavy atom. The molecule has 0 N–H and O–H groups in total. The summed E-state index contributed by atoms with van der Waals surface area (Å²) in [5.74, 6) is 0. The minimum atomic E-state index is -0.0369. The maximum Gasteiger partial charge on any atom is 0.135 e. The molecule has 0 atom stereocenters. The zero-order valence-corrected chi connectivity index (χ0v) is 29.8. The number of furan rings is 1. The molecular formula is C51H37NO. The molecule has 0 radical (unpaired) electrons. The normalized spacial score (nSPS) is 12.9. The molecule has 252 valence electrons. The lowest BCUT2D eigenvalue weighted by atomic mass is 9.81. The number of benzene rings is 8. The third-order valence-electron chi connectivity index (χ3n) is 11.1. The maximum atomic E-state index is 6.14. The fraction of sp³-hybridized carbons (Fsp3) is 0.0588. The lowest BCUT2D eigenvalue weighted by Gasteiger charge is -2.26. The molecule has 9 aromatic rings. The van der Waals surface area contributed by atoms with E-state index in [2.05, 4.69) is 195 Å². The topological polar surface area (TPSA) is 16.4 Å². The quantitative estimate of drug-likeness (QED) is 0.174. The Labute approximate surface area is 310 Å². The van der Waals surface area contributed by atoms with Gasteiger partial charge in [-0.1, -0.05) is 141 Å². The van der Waals surface area contributed by atoms with Crippen LogP contribution < -0.4 is 4.90 Å². The van der Waals surface area contributed by atoms with Crippen molar-refractivity contribution in [1.82, 2.24) is 0 Å². The van der Waals surface area contributed by atoms with Gasteiger partial charge in [0.2, 0.25) is 0 Å². The van der Waals surface area contributed by atoms with Gasteiger partial charge in [0.05, 0.1) is 0 Å². The summed E-state index contributed by atoms with van der Waals surface area (Å²) in [6.07, 6.45) is 0. The van der Waals surface area contributed by atoms with Crippen LogP contribution in [0.3, 0.4) is 0 Å². The van der Waals surface area contributed by atoms with Crippen LogP contribution in [-0.4, -0.2) is 0 Å². The molecule has 0 unspecified atom stereocenters. The molecule has 1 aromatic heterocycles. The minimum Gasteiger partial charge on any atom is -0.456 e. The van der Waals surface area contributed by atoms with Crippen molar-refractivity contribution in [3.8, 4) is 44.5 Å². The molecule has 1 heterocycles. The largest absolute Gasteiger partial charge is 0.456 e. The number of hydrogen-bond acceptors (Lipinski definition) is 2. The van der Waals surface area contributed by atoms with Crippen LogP contribution in [0.15, 0.2) is 192 Å². The molecule has 0 spiro atoms. The highest BCUT2D eigenvalue weighted by Gasteiger charge is 2.35. The van der Waals surface area contributed by atoms with E-state index < -0.39 is 0 Å². The second-order valence-corrected chi connectivity index (χ2v) is 14.6. The molecule has 10 rings (SSSR count). The van der Waals surface area contributed by atoms with Crippen molar-refractivity contribution in [2.75, 3.05) is 4.90 Å². The predicted molar refractivity (Wildman–Crippen MR) is 222 cm³/mol. The Bertz CT molecular complexity index is 2790. The van der Waals surface area contributed by atoms with Crippen LogP contribution in [0.25, 0.3) is 66.4 Å². The van der Waals surface area contributed by atoms with Crippen molar-refractivity contribution in [2.45, 2.75) is 19.3 Å². The molecule has 0 saturated carbocycles. The van der Waals surface area contributed by atoms with E-state index in [4.69, 9.17) is 4.42 Å². The van der Waals surface area contributed by atoms with Crippen molar-refractivity contribution >= 4 is 39.0 Å². The molecule has 0 amide bonds. The smallest absolute Gasteiger partial charge is 0.135 e. The second kappa shape index (κ2) is 12.3. The van der Waals surface area contributed by atoms with Crippen molar-refractivity contribution in [3.63, 3.8) is 0 Å². The van der Waals surface area contributed by atoms with Crippen molar-refractivity contribution < 1.29 is 4.42 Å². The summed E-state index contributed by atoms with van der Waals surface area (Å²) >= 11 is 0. The lowest BCUT2D eigenvalue weighted by molar-refractivity contribution is 0.660. The highest BCUT2D eigenvalue weighted by molar-refractivity contribution is 6.06. The summed E-state index contributed by atoms with van der Waals surface area (Å²) in [5, 5.41) is 2.27. The third-order valence-corrected chi connectivity index (χ3v) is 11.1. The minimum absolute atomic E-state index is 0.0369. The van der Waals surface area contributed by atoms with E-state index in [0.29, 0.717) is 0 Å². The number of anilines is 3. The van der Waals surface area contributed by atoms with Crippen molar-refractivity contribution in [2.24, 2.45) is 0 Å². The van der Waals surface area contributed by atoms with Gasteiger partial charge in [-0.3, -0.25) is 0 Å². The van der Waals surface area contributed by atoms with Gasteiger partial charge >= 0.3 is 0 Å². The first-order valence-electron chi connectivity index (χ1n) is 18.3. The lowest BCUT2D eigenvalue weighted by Crippen LogP contribution is -2.14. The molecule has 0 fully saturated rings. The molecule has 1 aliphatic rings. The monoisotopic (exact) mass is 679 g/mol. The summed E-state index contributed by atoms with van der Waals surface area (Å²) in [5.41, 5.74) is 17.7.